The number of anilines is 1. The Morgan fingerprint density at radius 2 is 1.76 bits per heavy atom. The van der Waals surface area contributed by atoms with Crippen molar-refractivity contribution in [2.75, 3.05) is 39.7 Å². The second-order valence-electron chi connectivity index (χ2n) is 9.58. The van der Waals surface area contributed by atoms with Crippen molar-refractivity contribution in [3.8, 4) is 28.7 Å². The third-order valence-corrected chi connectivity index (χ3v) is 7.66. The molecule has 1 aliphatic carbocycles. The summed E-state index contributed by atoms with van der Waals surface area (Å²) in [5.41, 5.74) is 4.27. The molecule has 0 saturated heterocycles. The van der Waals surface area contributed by atoms with Gasteiger partial charge < -0.3 is 33.9 Å². The van der Waals surface area contributed by atoms with Crippen LogP contribution in [0.5, 0.6) is 28.7 Å². The number of methoxy groups -OCH3 is 3. The Hall–Kier alpha value is -4.38. The molecule has 41 heavy (non-hydrogen) atoms. The topological polar surface area (TPSA) is 119 Å². The Morgan fingerprint density at radius 3 is 2.37 bits per heavy atom. The van der Waals surface area contributed by atoms with E-state index >= 15 is 0 Å². The summed E-state index contributed by atoms with van der Waals surface area (Å²) in [6.07, 6.45) is 0. The second kappa shape index (κ2) is 11.6. The van der Waals surface area contributed by atoms with E-state index in [2.05, 4.69) is 0 Å². The maximum atomic E-state index is 13.0. The van der Waals surface area contributed by atoms with E-state index in [1.807, 2.05) is 41.4 Å². The molecule has 0 aromatic heterocycles. The molecule has 3 atom stereocenters. The van der Waals surface area contributed by atoms with Crippen LogP contribution in [0, 0.1) is 11.8 Å². The Labute approximate surface area is 242 Å². The molecule has 0 amide bonds. The SMILES string of the molecule is C.COc1ccc(N2C[C@@H]3C(=N2)c2cc4c(cc2[C@@H](c2cc(CO)c(OC)c(OC)c2)[C@H]3C(=O)O)OCO4)cc1.[2HH].[B]. The van der Waals surface area contributed by atoms with Gasteiger partial charge in [0.25, 0.3) is 0 Å². The lowest BCUT2D eigenvalue weighted by Gasteiger charge is -2.36. The van der Waals surface area contributed by atoms with E-state index < -0.39 is 23.7 Å². The van der Waals surface area contributed by atoms with Crippen molar-refractivity contribution in [1.82, 2.24) is 0 Å². The van der Waals surface area contributed by atoms with Gasteiger partial charge in [0, 0.05) is 32.8 Å². The highest BCUT2D eigenvalue weighted by Gasteiger charge is 2.49. The fourth-order valence-electron chi connectivity index (χ4n) is 5.90. The van der Waals surface area contributed by atoms with Crippen molar-refractivity contribution in [3.63, 3.8) is 0 Å². The van der Waals surface area contributed by atoms with E-state index in [-0.39, 0.29) is 30.7 Å². The van der Waals surface area contributed by atoms with Crippen LogP contribution in [0.4, 0.5) is 5.69 Å². The first-order chi connectivity index (χ1) is 19.0. The highest BCUT2D eigenvalue weighted by molar-refractivity contribution is 6.09. The number of fused-ring (bicyclic) bond motifs is 4. The van der Waals surface area contributed by atoms with Crippen molar-refractivity contribution in [1.29, 1.82) is 0 Å². The minimum absolute atomic E-state index is 0. The van der Waals surface area contributed by atoms with Crippen LogP contribution in [-0.4, -0.2) is 65.0 Å². The van der Waals surface area contributed by atoms with Gasteiger partial charge in [-0.1, -0.05) is 7.43 Å². The normalized spacial score (nSPS) is 19.7. The highest BCUT2D eigenvalue weighted by Crippen LogP contribution is 2.51. The van der Waals surface area contributed by atoms with Gasteiger partial charge in [-0.3, -0.25) is 9.80 Å². The molecular weight excluding hydrogens is 527 g/mol. The lowest BCUT2D eigenvalue weighted by Crippen LogP contribution is -2.41. The molecule has 3 aromatic rings. The van der Waals surface area contributed by atoms with Crippen molar-refractivity contribution < 1.29 is 40.1 Å². The number of aliphatic carboxylic acids is 1. The molecule has 6 rings (SSSR count). The minimum atomic E-state index is -0.946. The van der Waals surface area contributed by atoms with Gasteiger partial charge in [0.1, 0.15) is 5.75 Å². The third-order valence-electron chi connectivity index (χ3n) is 7.66. The van der Waals surface area contributed by atoms with Crippen LogP contribution in [0.25, 0.3) is 0 Å². The maximum absolute atomic E-state index is 13.0. The number of carbonyl (C=O) groups is 1. The van der Waals surface area contributed by atoms with Gasteiger partial charge in [-0.25, -0.2) is 0 Å². The summed E-state index contributed by atoms with van der Waals surface area (Å²) in [6.45, 7) is 0.167. The first-order valence-corrected chi connectivity index (χ1v) is 12.5. The van der Waals surface area contributed by atoms with Gasteiger partial charge in [0.05, 0.1) is 51.8 Å². The van der Waals surface area contributed by atoms with Crippen molar-refractivity contribution in [2.24, 2.45) is 16.9 Å². The molecule has 10 nitrogen and oxygen atoms in total. The number of carboxylic acids is 1. The Kier molecular flexibility index (Phi) is 8.39. The molecule has 215 valence electrons. The third kappa shape index (κ3) is 4.80. The summed E-state index contributed by atoms with van der Waals surface area (Å²) in [5.74, 6) is -0.128. The van der Waals surface area contributed by atoms with Gasteiger partial charge in [-0.15, -0.1) is 0 Å². The van der Waals surface area contributed by atoms with E-state index in [4.69, 9.17) is 28.8 Å². The second-order valence-corrected chi connectivity index (χ2v) is 9.58. The summed E-state index contributed by atoms with van der Waals surface area (Å²) in [7, 11) is 4.62. The van der Waals surface area contributed by atoms with Crippen LogP contribution in [0.2, 0.25) is 0 Å². The van der Waals surface area contributed by atoms with E-state index in [9.17, 15) is 15.0 Å². The van der Waals surface area contributed by atoms with Crippen LogP contribution in [-0.2, 0) is 11.4 Å². The van der Waals surface area contributed by atoms with E-state index in [1.165, 1.54) is 14.2 Å². The fourth-order valence-corrected chi connectivity index (χ4v) is 5.90. The summed E-state index contributed by atoms with van der Waals surface area (Å²) in [5, 5.41) is 27.5. The molecule has 0 unspecified atom stereocenters. The van der Waals surface area contributed by atoms with Crippen molar-refractivity contribution in [2.45, 2.75) is 20.0 Å². The van der Waals surface area contributed by atoms with Crippen LogP contribution in [0.15, 0.2) is 53.6 Å². The molecule has 0 spiro atoms. The number of hydrogen-bond donors (Lipinski definition) is 2. The van der Waals surface area contributed by atoms with Crippen LogP contribution < -0.4 is 28.7 Å². The molecular formula is C30H34BN2O8. The Bertz CT molecular complexity index is 1460. The Balaban J connectivity index is 0.00000161. The number of hydrazone groups is 1. The summed E-state index contributed by atoms with van der Waals surface area (Å²) in [6, 6.07) is 14.8. The molecule has 0 saturated carbocycles. The molecule has 0 fully saturated rings. The molecule has 11 heteroatoms. The summed E-state index contributed by atoms with van der Waals surface area (Å²) < 4.78 is 27.7. The number of aliphatic hydroxyl groups excluding tert-OH is 1. The zero-order chi connectivity index (χ0) is 27.3. The van der Waals surface area contributed by atoms with Crippen LogP contribution in [0.1, 0.15) is 37.0 Å². The Morgan fingerprint density at radius 1 is 1.05 bits per heavy atom. The minimum Gasteiger partial charge on any atom is -0.497 e. The van der Waals surface area contributed by atoms with Crippen molar-refractivity contribution >= 4 is 25.8 Å². The number of aliphatic hydroxyl groups is 1. The number of carboxylic acid groups (broad SMARTS) is 1. The zero-order valence-corrected chi connectivity index (χ0v) is 22.3. The smallest absolute Gasteiger partial charge is 0.308 e. The number of nitrogens with zero attached hydrogens (tertiary/aromatic N) is 2. The monoisotopic (exact) mass is 562 g/mol. The van der Waals surface area contributed by atoms with Gasteiger partial charge in [-0.2, -0.15) is 5.10 Å². The first kappa shape index (κ1) is 29.6. The standard InChI is InChI=1S/C29H28N2O8.CH4.B.H2/c1-35-18-6-4-17(5-7-18)31-12-21-26(29(33)34)25(15-8-16(13-32)28(37-3)24(9-15)36-2)19-10-22-23(39-14-38-22)11-20(19)27(21)30-31;;;/h4-11,21,25-26,32H,12-14H2,1-3H3,(H,33,34);1H4;;1H/t21-,25+,26-;;;/m0.../s1/i;;;1+1. The van der Waals surface area contributed by atoms with Crippen molar-refractivity contribution in [3.05, 3.63) is 70.8 Å². The van der Waals surface area contributed by atoms with Crippen LogP contribution in [0.3, 0.4) is 0 Å². The molecule has 3 radical (unpaired) electrons. The average Bonchev–Trinajstić information content (AvgIpc) is 3.61. The fraction of sp³-hybridized carbons (Fsp3) is 0.333. The number of ether oxygens (including phenoxy) is 5. The molecule has 3 aliphatic rings. The number of hydrogen-bond acceptors (Lipinski definition) is 9. The molecule has 2 aliphatic heterocycles. The molecule has 3 aromatic carbocycles. The predicted molar refractivity (Wildman–Crippen MR) is 156 cm³/mol. The molecule has 2 N–H and O–H groups in total. The highest BCUT2D eigenvalue weighted by atomic mass is 16.7. The van der Waals surface area contributed by atoms with E-state index in [0.717, 1.165) is 22.6 Å². The molecule has 0 bridgehead atoms. The average molecular weight is 562 g/mol. The lowest BCUT2D eigenvalue weighted by molar-refractivity contribution is -0.143. The first-order valence-electron chi connectivity index (χ1n) is 12.5. The maximum Gasteiger partial charge on any atom is 0.308 e. The van der Waals surface area contributed by atoms with Gasteiger partial charge in [0.15, 0.2) is 23.0 Å². The van der Waals surface area contributed by atoms with E-state index in [0.29, 0.717) is 46.4 Å². The number of rotatable bonds is 7. The summed E-state index contributed by atoms with van der Waals surface area (Å²) in [4.78, 5) is 13.0. The van der Waals surface area contributed by atoms with Gasteiger partial charge >= 0.3 is 5.97 Å². The quantitative estimate of drug-likeness (QED) is 0.410. The largest absolute Gasteiger partial charge is 0.497 e. The molecule has 2 heterocycles. The lowest BCUT2D eigenvalue weighted by atomic mass is 9.65. The predicted octanol–water partition coefficient (Wildman–Crippen LogP) is 4.12. The van der Waals surface area contributed by atoms with Crippen LogP contribution >= 0.6 is 0 Å². The number of benzene rings is 3. The van der Waals surface area contributed by atoms with Gasteiger partial charge in [-0.05, 0) is 59.7 Å². The van der Waals surface area contributed by atoms with E-state index in [1.54, 1.807) is 19.2 Å². The summed E-state index contributed by atoms with van der Waals surface area (Å²) >= 11 is 0. The van der Waals surface area contributed by atoms with Gasteiger partial charge in [0.2, 0.25) is 6.79 Å². The zero-order valence-electron chi connectivity index (χ0n) is 22.3.